The van der Waals surface area contributed by atoms with E-state index in [1.165, 1.54) is 12.8 Å². The summed E-state index contributed by atoms with van der Waals surface area (Å²) in [5.74, 6) is -2.03. The molecule has 0 saturated carbocycles. The van der Waals surface area contributed by atoms with Crippen LogP contribution in [0, 0.1) is 0 Å². The lowest BCUT2D eigenvalue weighted by Crippen LogP contribution is -2.32. The van der Waals surface area contributed by atoms with Crippen LogP contribution in [-0.2, 0) is 11.8 Å². The predicted molar refractivity (Wildman–Crippen MR) is 112 cm³/mol. The molecule has 1 aliphatic rings. The molecule has 0 aliphatic carbocycles. The van der Waals surface area contributed by atoms with E-state index in [1.807, 2.05) is 55.3 Å². The lowest BCUT2D eigenvalue weighted by molar-refractivity contribution is -0.192. The number of likely N-dealkylation sites (N-methyl/N-ethyl adjacent to an activating group) is 1. The normalized spacial score (nSPS) is 13.7. The van der Waals surface area contributed by atoms with Crippen LogP contribution in [0.15, 0.2) is 24.7 Å². The predicted octanol–water partition coefficient (Wildman–Crippen LogP) is 2.01. The second-order valence-electron chi connectivity index (χ2n) is 7.55. The number of aryl methyl sites for hydroxylation is 1. The van der Waals surface area contributed by atoms with E-state index in [0.717, 1.165) is 36.7 Å². The second kappa shape index (κ2) is 10.9. The Labute approximate surface area is 183 Å². The monoisotopic (exact) mass is 456 g/mol. The van der Waals surface area contributed by atoms with Crippen molar-refractivity contribution in [1.82, 2.24) is 24.8 Å². The van der Waals surface area contributed by atoms with E-state index < -0.39 is 12.1 Å². The van der Waals surface area contributed by atoms with Crippen molar-refractivity contribution in [2.75, 3.05) is 45.2 Å². The van der Waals surface area contributed by atoms with Crippen LogP contribution in [0.5, 0.6) is 0 Å². The van der Waals surface area contributed by atoms with Gasteiger partial charge >= 0.3 is 12.1 Å². The number of halogens is 3. The van der Waals surface area contributed by atoms with Gasteiger partial charge in [0.1, 0.15) is 5.69 Å². The quantitative estimate of drug-likeness (QED) is 0.685. The van der Waals surface area contributed by atoms with Gasteiger partial charge in [-0.15, -0.1) is 0 Å². The van der Waals surface area contributed by atoms with Gasteiger partial charge in [0, 0.05) is 62.9 Å². The zero-order chi connectivity index (χ0) is 23.9. The van der Waals surface area contributed by atoms with Crippen LogP contribution < -0.4 is 10.2 Å². The average molecular weight is 456 g/mol. The molecule has 2 aromatic heterocycles. The van der Waals surface area contributed by atoms with Gasteiger partial charge in [-0.3, -0.25) is 4.79 Å². The van der Waals surface area contributed by atoms with Gasteiger partial charge in [0.25, 0.3) is 5.91 Å². The first-order valence-electron chi connectivity index (χ1n) is 9.96. The van der Waals surface area contributed by atoms with Gasteiger partial charge in [-0.2, -0.15) is 13.2 Å². The maximum absolute atomic E-state index is 12.3. The number of alkyl halides is 3. The standard InChI is InChI=1S/C18H26N6O.C2HF3O2/c1-22(2)9-6-19-17(25)16-10-14(13-23(16)3)15-11-20-18(21-12-15)24-7-4-5-8-24;3-2(4,5)1(6)7/h10-13H,4-9H2,1-3H3,(H,19,25);(H,6,7). The van der Waals surface area contributed by atoms with Gasteiger partial charge in [0.15, 0.2) is 0 Å². The Hall–Kier alpha value is -3.15. The van der Waals surface area contributed by atoms with Gasteiger partial charge < -0.3 is 24.8 Å². The zero-order valence-electron chi connectivity index (χ0n) is 18.2. The third kappa shape index (κ3) is 7.22. The highest BCUT2D eigenvalue weighted by atomic mass is 19.4. The lowest BCUT2D eigenvalue weighted by atomic mass is 10.2. The van der Waals surface area contributed by atoms with Crippen molar-refractivity contribution in [3.05, 3.63) is 30.4 Å². The van der Waals surface area contributed by atoms with E-state index in [-0.39, 0.29) is 5.91 Å². The van der Waals surface area contributed by atoms with Gasteiger partial charge in [-0.1, -0.05) is 0 Å². The largest absolute Gasteiger partial charge is 0.490 e. The topological polar surface area (TPSA) is 104 Å². The smallest absolute Gasteiger partial charge is 0.475 e. The number of carboxylic acid groups (broad SMARTS) is 1. The van der Waals surface area contributed by atoms with Crippen molar-refractivity contribution in [2.24, 2.45) is 7.05 Å². The molecule has 3 heterocycles. The van der Waals surface area contributed by atoms with Crippen LogP contribution in [-0.4, -0.2) is 82.9 Å². The Morgan fingerprint density at radius 2 is 1.72 bits per heavy atom. The van der Waals surface area contributed by atoms with Crippen LogP contribution in [0.4, 0.5) is 19.1 Å². The molecule has 1 aliphatic heterocycles. The highest BCUT2D eigenvalue weighted by Crippen LogP contribution is 2.22. The van der Waals surface area contributed by atoms with Crippen LogP contribution in [0.1, 0.15) is 23.3 Å². The molecule has 2 aromatic rings. The van der Waals surface area contributed by atoms with Crippen molar-refractivity contribution in [2.45, 2.75) is 19.0 Å². The first kappa shape index (κ1) is 25.1. The van der Waals surface area contributed by atoms with Crippen molar-refractivity contribution in [3.63, 3.8) is 0 Å². The van der Waals surface area contributed by atoms with E-state index in [9.17, 15) is 18.0 Å². The first-order chi connectivity index (χ1) is 15.0. The molecule has 0 aromatic carbocycles. The van der Waals surface area contributed by atoms with E-state index in [0.29, 0.717) is 12.2 Å². The maximum atomic E-state index is 12.3. The van der Waals surface area contributed by atoms with Gasteiger partial charge in [0.05, 0.1) is 0 Å². The summed E-state index contributed by atoms with van der Waals surface area (Å²) in [5.41, 5.74) is 2.51. The summed E-state index contributed by atoms with van der Waals surface area (Å²) in [6.07, 6.45) is 2.94. The Kier molecular flexibility index (Phi) is 8.58. The first-order valence-corrected chi connectivity index (χ1v) is 9.96. The summed E-state index contributed by atoms with van der Waals surface area (Å²) in [7, 11) is 5.85. The molecule has 1 amide bonds. The number of carboxylic acids is 1. The summed E-state index contributed by atoms with van der Waals surface area (Å²) in [4.78, 5) is 34.5. The van der Waals surface area contributed by atoms with Crippen molar-refractivity contribution in [1.29, 1.82) is 0 Å². The Bertz CT molecular complexity index is 906. The highest BCUT2D eigenvalue weighted by Gasteiger charge is 2.38. The van der Waals surface area contributed by atoms with E-state index in [4.69, 9.17) is 9.90 Å². The molecule has 1 saturated heterocycles. The number of rotatable bonds is 6. The number of aromatic nitrogens is 3. The third-order valence-electron chi connectivity index (χ3n) is 4.69. The molecule has 176 valence electrons. The lowest BCUT2D eigenvalue weighted by Gasteiger charge is -2.14. The fourth-order valence-electron chi connectivity index (χ4n) is 2.98. The Morgan fingerprint density at radius 1 is 1.16 bits per heavy atom. The summed E-state index contributed by atoms with van der Waals surface area (Å²) in [6.45, 7) is 3.50. The molecule has 32 heavy (non-hydrogen) atoms. The zero-order valence-corrected chi connectivity index (χ0v) is 18.2. The summed E-state index contributed by atoms with van der Waals surface area (Å²) < 4.78 is 33.6. The average Bonchev–Trinajstić information content (AvgIpc) is 3.37. The molecule has 1 fully saturated rings. The van der Waals surface area contributed by atoms with Gasteiger partial charge in [-0.25, -0.2) is 14.8 Å². The van der Waals surface area contributed by atoms with Crippen molar-refractivity contribution < 1.29 is 27.9 Å². The number of amides is 1. The number of nitrogens with zero attached hydrogens (tertiary/aromatic N) is 5. The summed E-state index contributed by atoms with van der Waals surface area (Å²) in [5, 5.41) is 10.1. The van der Waals surface area contributed by atoms with Crippen molar-refractivity contribution in [3.8, 4) is 11.1 Å². The van der Waals surface area contributed by atoms with Gasteiger partial charge in [0.2, 0.25) is 5.95 Å². The molecular formula is C20H27F3N6O3. The van der Waals surface area contributed by atoms with Crippen LogP contribution >= 0.6 is 0 Å². The van der Waals surface area contributed by atoms with Crippen LogP contribution in [0.2, 0.25) is 0 Å². The minimum absolute atomic E-state index is 0.0646. The molecule has 9 nitrogen and oxygen atoms in total. The fourth-order valence-corrected chi connectivity index (χ4v) is 2.98. The number of nitrogens with one attached hydrogen (secondary N) is 1. The number of hydrogen-bond donors (Lipinski definition) is 2. The van der Waals surface area contributed by atoms with Crippen LogP contribution in [0.3, 0.4) is 0 Å². The molecule has 0 radical (unpaired) electrons. The second-order valence-corrected chi connectivity index (χ2v) is 7.55. The van der Waals surface area contributed by atoms with Crippen LogP contribution in [0.25, 0.3) is 11.1 Å². The van der Waals surface area contributed by atoms with E-state index in [2.05, 4.69) is 20.2 Å². The number of anilines is 1. The third-order valence-corrected chi connectivity index (χ3v) is 4.69. The SMILES string of the molecule is CN(C)CCNC(=O)c1cc(-c2cnc(N3CCCC3)nc2)cn1C.O=C(O)C(F)(F)F. The Balaban J connectivity index is 0.000000451. The van der Waals surface area contributed by atoms with Gasteiger partial charge in [-0.05, 0) is 33.0 Å². The summed E-state index contributed by atoms with van der Waals surface area (Å²) >= 11 is 0. The molecule has 0 bridgehead atoms. The molecule has 0 atom stereocenters. The number of hydrogen-bond acceptors (Lipinski definition) is 6. The fraction of sp³-hybridized carbons (Fsp3) is 0.500. The minimum atomic E-state index is -5.08. The highest BCUT2D eigenvalue weighted by molar-refractivity contribution is 5.94. The molecule has 0 unspecified atom stereocenters. The number of aliphatic carboxylic acids is 1. The molecular weight excluding hydrogens is 429 g/mol. The molecule has 0 spiro atoms. The van der Waals surface area contributed by atoms with Crippen molar-refractivity contribution >= 4 is 17.8 Å². The van der Waals surface area contributed by atoms with E-state index in [1.54, 1.807) is 0 Å². The minimum Gasteiger partial charge on any atom is -0.475 e. The molecule has 3 rings (SSSR count). The Morgan fingerprint density at radius 3 is 2.22 bits per heavy atom. The molecule has 2 N–H and O–H groups in total. The number of carbonyl (C=O) groups excluding carboxylic acids is 1. The number of carbonyl (C=O) groups is 2. The van der Waals surface area contributed by atoms with E-state index >= 15 is 0 Å². The maximum Gasteiger partial charge on any atom is 0.490 e. The molecule has 12 heteroatoms. The summed E-state index contributed by atoms with van der Waals surface area (Å²) in [6, 6.07) is 1.89.